The molecule has 0 bridgehead atoms. The second-order valence-electron chi connectivity index (χ2n) is 7.19. The van der Waals surface area contributed by atoms with Crippen molar-refractivity contribution in [3.05, 3.63) is 41.3 Å². The highest BCUT2D eigenvalue weighted by atomic mass is 16.5. The Labute approximate surface area is 149 Å². The highest BCUT2D eigenvalue weighted by molar-refractivity contribution is 5.43. The highest BCUT2D eigenvalue weighted by Crippen LogP contribution is 2.35. The van der Waals surface area contributed by atoms with Gasteiger partial charge in [-0.25, -0.2) is 0 Å². The Bertz CT molecular complexity index is 696. The van der Waals surface area contributed by atoms with Gasteiger partial charge in [0, 0.05) is 12.6 Å². The van der Waals surface area contributed by atoms with Crippen LogP contribution in [-0.2, 0) is 6.54 Å². The van der Waals surface area contributed by atoms with E-state index in [4.69, 9.17) is 14.0 Å². The summed E-state index contributed by atoms with van der Waals surface area (Å²) in [5.74, 6) is 3.06. The molecule has 1 fully saturated rings. The largest absolute Gasteiger partial charge is 0.493 e. The monoisotopic (exact) mass is 344 g/mol. The summed E-state index contributed by atoms with van der Waals surface area (Å²) in [4.78, 5) is 2.45. The van der Waals surface area contributed by atoms with Gasteiger partial charge in [-0.05, 0) is 49.9 Å². The molecule has 1 aliphatic heterocycles. The number of aromatic nitrogens is 1. The summed E-state index contributed by atoms with van der Waals surface area (Å²) in [7, 11) is 1.69. The van der Waals surface area contributed by atoms with Gasteiger partial charge in [0.2, 0.25) is 0 Å². The van der Waals surface area contributed by atoms with E-state index in [0.717, 1.165) is 42.5 Å². The van der Waals surface area contributed by atoms with Crippen LogP contribution in [-0.4, -0.2) is 30.3 Å². The van der Waals surface area contributed by atoms with E-state index in [9.17, 15) is 0 Å². The Balaban J connectivity index is 1.71. The molecule has 0 aliphatic carbocycles. The number of nitrogens with zero attached hydrogens (tertiary/aromatic N) is 2. The summed E-state index contributed by atoms with van der Waals surface area (Å²) < 4.78 is 16.9. The quantitative estimate of drug-likeness (QED) is 0.747. The molecule has 3 rings (SSSR count). The van der Waals surface area contributed by atoms with Gasteiger partial charge in [0.05, 0.1) is 25.5 Å². The second kappa shape index (κ2) is 7.91. The number of hydrogen-bond donors (Lipinski definition) is 0. The van der Waals surface area contributed by atoms with Gasteiger partial charge in [0.15, 0.2) is 17.3 Å². The Hall–Kier alpha value is -2.01. The lowest BCUT2D eigenvalue weighted by molar-refractivity contribution is 0.206. The Morgan fingerprint density at radius 3 is 2.80 bits per heavy atom. The van der Waals surface area contributed by atoms with E-state index in [1.165, 1.54) is 12.0 Å². The predicted molar refractivity (Wildman–Crippen MR) is 97.0 cm³/mol. The van der Waals surface area contributed by atoms with Crippen LogP contribution >= 0.6 is 0 Å². The summed E-state index contributed by atoms with van der Waals surface area (Å²) >= 11 is 0. The minimum atomic E-state index is 0.309. The second-order valence-corrected chi connectivity index (χ2v) is 7.19. The van der Waals surface area contributed by atoms with E-state index in [-0.39, 0.29) is 0 Å². The van der Waals surface area contributed by atoms with Crippen molar-refractivity contribution in [1.82, 2.24) is 10.1 Å². The maximum absolute atomic E-state index is 5.85. The third-order valence-electron chi connectivity index (χ3n) is 4.52. The number of methoxy groups -OCH3 is 1. The minimum absolute atomic E-state index is 0.309. The first-order valence-corrected chi connectivity index (χ1v) is 9.03. The summed E-state index contributed by atoms with van der Waals surface area (Å²) in [6.07, 6.45) is 2.29. The van der Waals surface area contributed by atoms with Crippen molar-refractivity contribution < 1.29 is 14.0 Å². The van der Waals surface area contributed by atoms with Crippen molar-refractivity contribution in [2.45, 2.75) is 46.2 Å². The van der Waals surface area contributed by atoms with Crippen LogP contribution in [0.4, 0.5) is 0 Å². The average molecular weight is 344 g/mol. The topological polar surface area (TPSA) is 47.7 Å². The molecule has 1 saturated heterocycles. The molecular weight excluding hydrogens is 316 g/mol. The lowest BCUT2D eigenvalue weighted by atomic mass is 10.1. The zero-order valence-corrected chi connectivity index (χ0v) is 15.6. The fourth-order valence-electron chi connectivity index (χ4n) is 3.30. The molecule has 1 aliphatic rings. The van der Waals surface area contributed by atoms with Gasteiger partial charge < -0.3 is 14.0 Å². The van der Waals surface area contributed by atoms with Gasteiger partial charge in [-0.1, -0.05) is 25.1 Å². The van der Waals surface area contributed by atoms with Gasteiger partial charge in [-0.3, -0.25) is 4.90 Å². The lowest BCUT2D eigenvalue weighted by Crippen LogP contribution is -2.22. The zero-order chi connectivity index (χ0) is 17.8. The molecule has 5 nitrogen and oxygen atoms in total. The smallest absolute Gasteiger partial charge is 0.161 e. The van der Waals surface area contributed by atoms with Crippen LogP contribution in [0.5, 0.6) is 11.5 Å². The molecule has 1 aromatic carbocycles. The standard InChI is InChI=1S/C20H28N2O3/c1-14(2)13-24-18-8-7-16(11-20(18)23-4)12-22-9-5-6-17(22)19-10-15(3)21-25-19/h7-8,10-11,14,17H,5-6,9,12-13H2,1-4H3/t17-/m1/s1. The molecule has 5 heteroatoms. The first-order valence-electron chi connectivity index (χ1n) is 9.03. The van der Waals surface area contributed by atoms with Crippen molar-refractivity contribution in [2.24, 2.45) is 5.92 Å². The molecule has 1 atom stereocenters. The van der Waals surface area contributed by atoms with Crippen molar-refractivity contribution in [1.29, 1.82) is 0 Å². The number of hydrogen-bond acceptors (Lipinski definition) is 5. The Morgan fingerprint density at radius 1 is 1.28 bits per heavy atom. The molecule has 2 aromatic rings. The van der Waals surface area contributed by atoms with Crippen LogP contribution in [0.1, 0.15) is 49.7 Å². The summed E-state index contributed by atoms with van der Waals surface area (Å²) in [5.41, 5.74) is 2.16. The SMILES string of the molecule is COc1cc(CN2CCC[C@@H]2c2cc(C)no2)ccc1OCC(C)C. The lowest BCUT2D eigenvalue weighted by Gasteiger charge is -2.23. The molecule has 2 heterocycles. The molecule has 0 spiro atoms. The van der Waals surface area contributed by atoms with Gasteiger partial charge in [0.1, 0.15) is 0 Å². The summed E-state index contributed by atoms with van der Waals surface area (Å²) in [6.45, 7) is 8.87. The van der Waals surface area contributed by atoms with E-state index in [1.807, 2.05) is 19.1 Å². The predicted octanol–water partition coefficient (Wildman–Crippen LogP) is 4.36. The number of ether oxygens (including phenoxy) is 2. The van der Waals surface area contributed by atoms with E-state index < -0.39 is 0 Å². The minimum Gasteiger partial charge on any atom is -0.493 e. The van der Waals surface area contributed by atoms with E-state index in [2.05, 4.69) is 36.0 Å². The average Bonchev–Trinajstić information content (AvgIpc) is 3.22. The number of benzene rings is 1. The molecule has 0 saturated carbocycles. The first kappa shape index (κ1) is 17.8. The Kier molecular flexibility index (Phi) is 5.63. The van der Waals surface area contributed by atoms with Gasteiger partial charge in [-0.2, -0.15) is 0 Å². The third-order valence-corrected chi connectivity index (χ3v) is 4.52. The number of likely N-dealkylation sites (tertiary alicyclic amines) is 1. The van der Waals surface area contributed by atoms with Gasteiger partial charge in [0.25, 0.3) is 0 Å². The van der Waals surface area contributed by atoms with Crippen LogP contribution < -0.4 is 9.47 Å². The van der Waals surface area contributed by atoms with Crippen LogP contribution in [0.25, 0.3) is 0 Å². The molecule has 0 amide bonds. The van der Waals surface area contributed by atoms with Crippen LogP contribution in [0, 0.1) is 12.8 Å². The zero-order valence-electron chi connectivity index (χ0n) is 15.6. The number of rotatable bonds is 7. The van der Waals surface area contributed by atoms with Crippen molar-refractivity contribution in [2.75, 3.05) is 20.3 Å². The molecule has 25 heavy (non-hydrogen) atoms. The Morgan fingerprint density at radius 2 is 2.12 bits per heavy atom. The van der Waals surface area contributed by atoms with Crippen molar-refractivity contribution in [3.63, 3.8) is 0 Å². The molecular formula is C20H28N2O3. The van der Waals surface area contributed by atoms with Gasteiger partial charge in [-0.15, -0.1) is 0 Å². The molecule has 0 radical (unpaired) electrons. The van der Waals surface area contributed by atoms with E-state index in [0.29, 0.717) is 18.6 Å². The molecule has 0 unspecified atom stereocenters. The van der Waals surface area contributed by atoms with E-state index in [1.54, 1.807) is 7.11 Å². The number of aryl methyl sites for hydroxylation is 1. The van der Waals surface area contributed by atoms with Crippen molar-refractivity contribution in [3.8, 4) is 11.5 Å². The van der Waals surface area contributed by atoms with Crippen LogP contribution in [0.2, 0.25) is 0 Å². The third kappa shape index (κ3) is 4.34. The van der Waals surface area contributed by atoms with Crippen LogP contribution in [0.15, 0.2) is 28.8 Å². The normalized spacial score (nSPS) is 18.0. The van der Waals surface area contributed by atoms with Gasteiger partial charge >= 0.3 is 0 Å². The summed E-state index contributed by atoms with van der Waals surface area (Å²) in [6, 6.07) is 8.58. The van der Waals surface area contributed by atoms with Crippen molar-refractivity contribution >= 4 is 0 Å². The highest BCUT2D eigenvalue weighted by Gasteiger charge is 2.29. The molecule has 0 N–H and O–H groups in total. The fraction of sp³-hybridized carbons (Fsp3) is 0.550. The maximum Gasteiger partial charge on any atom is 0.161 e. The first-order chi connectivity index (χ1) is 12.1. The van der Waals surface area contributed by atoms with E-state index >= 15 is 0 Å². The fourth-order valence-corrected chi connectivity index (χ4v) is 3.30. The van der Waals surface area contributed by atoms with Crippen LogP contribution in [0.3, 0.4) is 0 Å². The molecule has 1 aromatic heterocycles. The summed E-state index contributed by atoms with van der Waals surface area (Å²) in [5, 5.41) is 4.04. The molecule has 136 valence electrons. The maximum atomic E-state index is 5.85.